The fourth-order valence-electron chi connectivity index (χ4n) is 3.54. The highest BCUT2D eigenvalue weighted by atomic mass is 32.2. The van der Waals surface area contributed by atoms with Gasteiger partial charge in [0.1, 0.15) is 0 Å². The molecule has 0 spiro atoms. The summed E-state index contributed by atoms with van der Waals surface area (Å²) < 4.78 is 24.0. The summed E-state index contributed by atoms with van der Waals surface area (Å²) in [6.45, 7) is 6.89. The van der Waals surface area contributed by atoms with Crippen molar-refractivity contribution in [3.63, 3.8) is 0 Å². The van der Waals surface area contributed by atoms with E-state index in [0.717, 1.165) is 11.1 Å². The monoisotopic (exact) mass is 411 g/mol. The standard InChI is InChI=1S/C24H29NO3S/c1-24(2,3)21-12-9-20(10-13-21)17-25(22-15-16-29(27,28)18-22)23(26)14-11-19-7-5-4-6-8-19/h4-14,22H,15-18H2,1-3H3/b14-11+/t22-/m1/s1. The van der Waals surface area contributed by atoms with E-state index in [9.17, 15) is 13.2 Å². The zero-order valence-electron chi connectivity index (χ0n) is 17.3. The van der Waals surface area contributed by atoms with Crippen LogP contribution in [-0.2, 0) is 26.6 Å². The molecule has 154 valence electrons. The van der Waals surface area contributed by atoms with Gasteiger partial charge in [0, 0.05) is 18.7 Å². The van der Waals surface area contributed by atoms with Crippen molar-refractivity contribution in [3.8, 4) is 0 Å². The third-order valence-electron chi connectivity index (χ3n) is 5.32. The SMILES string of the molecule is CC(C)(C)c1ccc(CN(C(=O)/C=C/c2ccccc2)[C@@H]2CCS(=O)(=O)C2)cc1. The predicted molar refractivity (Wildman–Crippen MR) is 118 cm³/mol. The summed E-state index contributed by atoms with van der Waals surface area (Å²) in [5.41, 5.74) is 3.23. The Morgan fingerprint density at radius 3 is 2.28 bits per heavy atom. The third-order valence-corrected chi connectivity index (χ3v) is 7.07. The Morgan fingerprint density at radius 2 is 1.72 bits per heavy atom. The number of hydrogen-bond donors (Lipinski definition) is 0. The predicted octanol–water partition coefficient (Wildman–Crippen LogP) is 4.21. The van der Waals surface area contributed by atoms with Crippen molar-refractivity contribution >= 4 is 21.8 Å². The molecule has 1 heterocycles. The Morgan fingerprint density at radius 1 is 1.07 bits per heavy atom. The minimum absolute atomic E-state index is 0.0397. The molecule has 0 saturated carbocycles. The highest BCUT2D eigenvalue weighted by Crippen LogP contribution is 2.24. The van der Waals surface area contributed by atoms with Gasteiger partial charge in [-0.25, -0.2) is 8.42 Å². The summed E-state index contributed by atoms with van der Waals surface area (Å²) in [6.07, 6.45) is 3.82. The Labute approximate surface area is 174 Å². The van der Waals surface area contributed by atoms with Crippen LogP contribution in [0.2, 0.25) is 0 Å². The summed E-state index contributed by atoms with van der Waals surface area (Å²) in [6, 6.07) is 17.6. The minimum atomic E-state index is -3.08. The summed E-state index contributed by atoms with van der Waals surface area (Å²) in [5, 5.41) is 0. The normalized spacial score (nSPS) is 18.8. The van der Waals surface area contributed by atoms with Crippen molar-refractivity contribution < 1.29 is 13.2 Å². The van der Waals surface area contributed by atoms with Crippen LogP contribution in [0.1, 0.15) is 43.9 Å². The van der Waals surface area contributed by atoms with Crippen LogP contribution in [0.5, 0.6) is 0 Å². The average molecular weight is 412 g/mol. The number of rotatable bonds is 5. The second kappa shape index (κ2) is 8.54. The molecule has 1 saturated heterocycles. The van der Waals surface area contributed by atoms with Crippen LogP contribution in [0.15, 0.2) is 60.7 Å². The number of carbonyl (C=O) groups is 1. The van der Waals surface area contributed by atoms with Crippen LogP contribution in [-0.4, -0.2) is 36.8 Å². The Balaban J connectivity index is 1.81. The van der Waals surface area contributed by atoms with Crippen molar-refractivity contribution in [3.05, 3.63) is 77.4 Å². The molecule has 0 bridgehead atoms. The van der Waals surface area contributed by atoms with Gasteiger partial charge in [-0.1, -0.05) is 75.4 Å². The average Bonchev–Trinajstić information content (AvgIpc) is 3.04. The first-order valence-electron chi connectivity index (χ1n) is 9.98. The fraction of sp³-hybridized carbons (Fsp3) is 0.375. The summed E-state index contributed by atoms with van der Waals surface area (Å²) >= 11 is 0. The van der Waals surface area contributed by atoms with Gasteiger partial charge in [0.15, 0.2) is 9.84 Å². The van der Waals surface area contributed by atoms with E-state index in [1.165, 1.54) is 5.56 Å². The van der Waals surface area contributed by atoms with Gasteiger partial charge in [0.05, 0.1) is 11.5 Å². The second-order valence-corrected chi connectivity index (χ2v) is 10.9. The molecule has 4 nitrogen and oxygen atoms in total. The van der Waals surface area contributed by atoms with Gasteiger partial charge >= 0.3 is 0 Å². The number of carbonyl (C=O) groups excluding carboxylic acids is 1. The van der Waals surface area contributed by atoms with Crippen LogP contribution in [0.4, 0.5) is 0 Å². The number of benzene rings is 2. The molecule has 3 rings (SSSR count). The number of hydrogen-bond acceptors (Lipinski definition) is 3. The second-order valence-electron chi connectivity index (χ2n) is 8.71. The van der Waals surface area contributed by atoms with E-state index in [2.05, 4.69) is 32.9 Å². The van der Waals surface area contributed by atoms with Gasteiger partial charge in [-0.05, 0) is 34.6 Å². The zero-order valence-corrected chi connectivity index (χ0v) is 18.2. The Bertz CT molecular complexity index is 971. The molecule has 0 unspecified atom stereocenters. The van der Waals surface area contributed by atoms with Gasteiger partial charge in [-0.3, -0.25) is 4.79 Å². The Kier molecular flexibility index (Phi) is 6.27. The molecule has 1 aliphatic heterocycles. The van der Waals surface area contributed by atoms with Crippen LogP contribution in [0.25, 0.3) is 6.08 Å². The minimum Gasteiger partial charge on any atom is -0.331 e. The smallest absolute Gasteiger partial charge is 0.247 e. The first-order valence-corrected chi connectivity index (χ1v) is 11.8. The number of sulfone groups is 1. The van der Waals surface area contributed by atoms with Gasteiger partial charge < -0.3 is 4.90 Å². The van der Waals surface area contributed by atoms with E-state index in [4.69, 9.17) is 0 Å². The van der Waals surface area contributed by atoms with Crippen LogP contribution < -0.4 is 0 Å². The number of amides is 1. The lowest BCUT2D eigenvalue weighted by Gasteiger charge is -2.28. The molecule has 0 aliphatic carbocycles. The van der Waals surface area contributed by atoms with E-state index in [1.54, 1.807) is 17.1 Å². The number of nitrogens with zero attached hydrogens (tertiary/aromatic N) is 1. The van der Waals surface area contributed by atoms with Crippen molar-refractivity contribution in [1.29, 1.82) is 0 Å². The lowest BCUT2D eigenvalue weighted by atomic mass is 9.86. The maximum Gasteiger partial charge on any atom is 0.247 e. The molecule has 1 atom stereocenters. The molecule has 2 aromatic carbocycles. The van der Waals surface area contributed by atoms with Crippen molar-refractivity contribution in [2.24, 2.45) is 0 Å². The lowest BCUT2D eigenvalue weighted by Crippen LogP contribution is -2.39. The first-order chi connectivity index (χ1) is 13.6. The quantitative estimate of drug-likeness (QED) is 0.693. The van der Waals surface area contributed by atoms with E-state index in [-0.39, 0.29) is 28.9 Å². The van der Waals surface area contributed by atoms with E-state index < -0.39 is 9.84 Å². The van der Waals surface area contributed by atoms with Gasteiger partial charge in [-0.2, -0.15) is 0 Å². The fourth-order valence-corrected chi connectivity index (χ4v) is 5.27. The highest BCUT2D eigenvalue weighted by molar-refractivity contribution is 7.91. The van der Waals surface area contributed by atoms with Gasteiger partial charge in [0.2, 0.25) is 5.91 Å². The molecule has 29 heavy (non-hydrogen) atoms. The largest absolute Gasteiger partial charge is 0.331 e. The van der Waals surface area contributed by atoms with Crippen molar-refractivity contribution in [2.45, 2.75) is 45.2 Å². The molecule has 0 radical (unpaired) electrons. The maximum absolute atomic E-state index is 13.0. The van der Waals surface area contributed by atoms with Gasteiger partial charge in [0.25, 0.3) is 0 Å². The van der Waals surface area contributed by atoms with Crippen molar-refractivity contribution in [1.82, 2.24) is 4.90 Å². The highest BCUT2D eigenvalue weighted by Gasteiger charge is 2.34. The maximum atomic E-state index is 13.0. The molecule has 1 amide bonds. The first kappa shape index (κ1) is 21.3. The summed E-state index contributed by atoms with van der Waals surface area (Å²) in [7, 11) is -3.08. The molecule has 0 N–H and O–H groups in total. The van der Waals surface area contributed by atoms with Gasteiger partial charge in [-0.15, -0.1) is 0 Å². The Hall–Kier alpha value is -2.40. The topological polar surface area (TPSA) is 54.5 Å². The zero-order chi connectivity index (χ0) is 21.1. The molecule has 0 aromatic heterocycles. The summed E-state index contributed by atoms with van der Waals surface area (Å²) in [4.78, 5) is 14.7. The van der Waals surface area contributed by atoms with Crippen LogP contribution in [0, 0.1) is 0 Å². The van der Waals surface area contributed by atoms with Crippen molar-refractivity contribution in [2.75, 3.05) is 11.5 Å². The lowest BCUT2D eigenvalue weighted by molar-refractivity contribution is -0.128. The van der Waals surface area contributed by atoms with Crippen LogP contribution >= 0.6 is 0 Å². The molecule has 1 aliphatic rings. The van der Waals surface area contributed by atoms with E-state index in [1.807, 2.05) is 42.5 Å². The summed E-state index contributed by atoms with van der Waals surface area (Å²) in [5.74, 6) is 0.0287. The van der Waals surface area contributed by atoms with Crippen LogP contribution in [0.3, 0.4) is 0 Å². The molecular formula is C24H29NO3S. The molecule has 1 fully saturated rings. The molecule has 2 aromatic rings. The van der Waals surface area contributed by atoms with E-state index in [0.29, 0.717) is 13.0 Å². The van der Waals surface area contributed by atoms with E-state index >= 15 is 0 Å². The third kappa shape index (κ3) is 5.80. The molecule has 5 heteroatoms. The molecular weight excluding hydrogens is 382 g/mol.